The van der Waals surface area contributed by atoms with Crippen LogP contribution in [0.1, 0.15) is 25.8 Å². The lowest BCUT2D eigenvalue weighted by Crippen LogP contribution is -2.30. The van der Waals surface area contributed by atoms with E-state index in [1.54, 1.807) is 23.0 Å². The molecule has 1 aliphatic heterocycles. The van der Waals surface area contributed by atoms with Gasteiger partial charge in [0.05, 0.1) is 18.3 Å². The van der Waals surface area contributed by atoms with Crippen molar-refractivity contribution in [1.29, 1.82) is 0 Å². The lowest BCUT2D eigenvalue weighted by atomic mass is 10.1. The Labute approximate surface area is 192 Å². The van der Waals surface area contributed by atoms with E-state index in [0.29, 0.717) is 23.1 Å². The fraction of sp³-hybridized carbons (Fsp3) is 0.350. The Kier molecular flexibility index (Phi) is 5.64. The highest BCUT2D eigenvalue weighted by atomic mass is 31.2. The largest absolute Gasteiger partial charge is 0.469 e. The number of anilines is 1. The number of hydrogen-bond acceptors (Lipinski definition) is 8. The van der Waals surface area contributed by atoms with Gasteiger partial charge in [-0.05, 0) is 49.2 Å². The van der Waals surface area contributed by atoms with Crippen molar-refractivity contribution in [3.63, 3.8) is 0 Å². The molecule has 2 N–H and O–H groups in total. The number of nitrogens with zero attached hydrogens (tertiary/aromatic N) is 6. The second-order valence-electron chi connectivity index (χ2n) is 8.09. The molecule has 0 radical (unpaired) electrons. The average Bonchev–Trinajstić information content (AvgIpc) is 3.37. The fourth-order valence-electron chi connectivity index (χ4n) is 3.60. The van der Waals surface area contributed by atoms with E-state index < -0.39 is 31.9 Å². The zero-order chi connectivity index (χ0) is 24.0. The Hall–Kier alpha value is -3.25. The summed E-state index contributed by atoms with van der Waals surface area (Å²) >= 11 is 0. The van der Waals surface area contributed by atoms with Gasteiger partial charge < -0.3 is 14.5 Å². The Morgan fingerprint density at radius 2 is 2.06 bits per heavy atom. The van der Waals surface area contributed by atoms with Crippen molar-refractivity contribution in [2.45, 2.75) is 38.0 Å². The number of ether oxygens (including phenoxy) is 1. The second-order valence-corrected chi connectivity index (χ2v) is 9.29. The number of amides is 1. The van der Waals surface area contributed by atoms with Crippen molar-refractivity contribution in [1.82, 2.24) is 25.2 Å². The molecule has 3 aromatic rings. The number of phosphoric acid groups is 1. The average molecular weight is 490 g/mol. The number of hydrogen-bond donors (Lipinski definition) is 2. The number of tetrazole rings is 1. The van der Waals surface area contributed by atoms with Crippen molar-refractivity contribution < 1.29 is 32.8 Å². The minimum absolute atomic E-state index is 0.0520. The van der Waals surface area contributed by atoms with E-state index in [1.165, 1.54) is 30.2 Å². The third-order valence-electron chi connectivity index (χ3n) is 5.53. The van der Waals surface area contributed by atoms with Crippen molar-refractivity contribution in [3.05, 3.63) is 42.3 Å². The minimum Gasteiger partial charge on any atom is -0.441 e. The minimum atomic E-state index is -4.75. The van der Waals surface area contributed by atoms with Crippen LogP contribution in [0.25, 0.3) is 22.6 Å². The van der Waals surface area contributed by atoms with Crippen LogP contribution in [0, 0.1) is 5.82 Å². The number of rotatable bonds is 7. The first-order valence-electron chi connectivity index (χ1n) is 10.5. The van der Waals surface area contributed by atoms with E-state index in [1.807, 2.05) is 0 Å². The van der Waals surface area contributed by atoms with E-state index in [4.69, 9.17) is 14.5 Å². The zero-order valence-electron chi connectivity index (χ0n) is 17.9. The van der Waals surface area contributed by atoms with E-state index in [0.717, 1.165) is 12.8 Å². The first kappa shape index (κ1) is 22.5. The molecule has 1 saturated heterocycles. The van der Waals surface area contributed by atoms with Crippen LogP contribution in [-0.4, -0.2) is 59.8 Å². The molecule has 2 atom stereocenters. The third kappa shape index (κ3) is 4.68. The Balaban J connectivity index is 1.30. The normalized spacial score (nSPS) is 19.4. The summed E-state index contributed by atoms with van der Waals surface area (Å²) in [6.45, 7) is 1.33. The molecule has 1 aliphatic carbocycles. The second kappa shape index (κ2) is 8.51. The SMILES string of the molecule is CC(OP(=O)(O)O)[C@H]1CN(c2ccc(-c3ccc(-c4nnn(C5CC5)n4)nc3)c(F)c2)C(=O)O1. The standard InChI is InChI=1S/C20H20FN6O6P/c1-11(33-34(29,30)31)18-10-26(20(28)32-18)14-5-6-15(16(21)8-14)12-2-7-17(22-9-12)19-23-25-27(24-19)13-3-4-13/h2,5-9,11,13,18H,3-4,10H2,1H3,(H2,29,30,31)/t11?,18-/m1/s1. The van der Waals surface area contributed by atoms with Crippen LogP contribution in [-0.2, 0) is 13.8 Å². The summed E-state index contributed by atoms with van der Waals surface area (Å²) in [5.74, 6) is -0.186. The number of carbonyl (C=O) groups excluding carboxylic acids is 1. The quantitative estimate of drug-likeness (QED) is 0.473. The van der Waals surface area contributed by atoms with Crippen LogP contribution in [0.15, 0.2) is 36.5 Å². The van der Waals surface area contributed by atoms with E-state index in [9.17, 15) is 13.8 Å². The number of halogens is 1. The van der Waals surface area contributed by atoms with Gasteiger partial charge in [-0.1, -0.05) is 6.07 Å². The molecule has 1 aromatic carbocycles. The van der Waals surface area contributed by atoms with Gasteiger partial charge in [-0.3, -0.25) is 14.4 Å². The topological polar surface area (TPSA) is 153 Å². The molecule has 3 heterocycles. The van der Waals surface area contributed by atoms with Crippen molar-refractivity contribution >= 4 is 19.6 Å². The summed E-state index contributed by atoms with van der Waals surface area (Å²) in [6.07, 6.45) is 0.832. The van der Waals surface area contributed by atoms with Gasteiger partial charge in [0.15, 0.2) is 0 Å². The lowest BCUT2D eigenvalue weighted by molar-refractivity contribution is 0.0387. The highest BCUT2D eigenvalue weighted by molar-refractivity contribution is 7.46. The van der Waals surface area contributed by atoms with Gasteiger partial charge in [-0.25, -0.2) is 13.8 Å². The molecule has 0 bridgehead atoms. The van der Waals surface area contributed by atoms with Crippen molar-refractivity contribution in [2.75, 3.05) is 11.4 Å². The molecule has 1 saturated carbocycles. The maximum absolute atomic E-state index is 14.9. The molecule has 1 unspecified atom stereocenters. The Morgan fingerprint density at radius 3 is 2.71 bits per heavy atom. The van der Waals surface area contributed by atoms with Crippen LogP contribution in [0.4, 0.5) is 14.9 Å². The van der Waals surface area contributed by atoms with E-state index in [-0.39, 0.29) is 17.8 Å². The molecule has 2 fully saturated rings. The molecular formula is C20H20FN6O6P. The first-order chi connectivity index (χ1) is 16.2. The monoisotopic (exact) mass is 490 g/mol. The zero-order valence-corrected chi connectivity index (χ0v) is 18.7. The number of carbonyl (C=O) groups is 1. The van der Waals surface area contributed by atoms with Gasteiger partial charge in [0.1, 0.15) is 23.7 Å². The van der Waals surface area contributed by atoms with Crippen LogP contribution in [0.2, 0.25) is 0 Å². The molecule has 178 valence electrons. The third-order valence-corrected chi connectivity index (χ3v) is 6.14. The molecule has 12 nitrogen and oxygen atoms in total. The summed E-state index contributed by atoms with van der Waals surface area (Å²) in [7, 11) is -4.75. The fourth-order valence-corrected chi connectivity index (χ4v) is 4.17. The van der Waals surface area contributed by atoms with Gasteiger partial charge in [0.25, 0.3) is 0 Å². The predicted octanol–water partition coefficient (Wildman–Crippen LogP) is 2.70. The van der Waals surface area contributed by atoms with Crippen LogP contribution in [0.3, 0.4) is 0 Å². The summed E-state index contributed by atoms with van der Waals surface area (Å²) in [4.78, 5) is 37.2. The van der Waals surface area contributed by atoms with Crippen LogP contribution in [0.5, 0.6) is 0 Å². The van der Waals surface area contributed by atoms with Gasteiger partial charge in [-0.2, -0.15) is 4.80 Å². The number of cyclic esters (lactones) is 1. The van der Waals surface area contributed by atoms with E-state index >= 15 is 0 Å². The Bertz CT molecular complexity index is 1280. The number of benzene rings is 1. The van der Waals surface area contributed by atoms with Gasteiger partial charge in [-0.15, -0.1) is 10.2 Å². The molecule has 0 spiro atoms. The van der Waals surface area contributed by atoms with Crippen LogP contribution < -0.4 is 4.90 Å². The number of pyridine rings is 1. The maximum Gasteiger partial charge on any atom is 0.469 e. The predicted molar refractivity (Wildman–Crippen MR) is 115 cm³/mol. The Morgan fingerprint density at radius 1 is 1.26 bits per heavy atom. The van der Waals surface area contributed by atoms with Crippen molar-refractivity contribution in [3.8, 4) is 22.6 Å². The summed E-state index contributed by atoms with van der Waals surface area (Å²) in [6, 6.07) is 7.93. The summed E-state index contributed by atoms with van der Waals surface area (Å²) in [5.41, 5.74) is 1.56. The molecule has 1 amide bonds. The van der Waals surface area contributed by atoms with Gasteiger partial charge >= 0.3 is 13.9 Å². The van der Waals surface area contributed by atoms with Crippen LogP contribution >= 0.6 is 7.82 Å². The molecule has 34 heavy (non-hydrogen) atoms. The summed E-state index contributed by atoms with van der Waals surface area (Å²) < 4.78 is 35.7. The van der Waals surface area contributed by atoms with Gasteiger partial charge in [0, 0.05) is 17.3 Å². The number of phosphoric ester groups is 1. The van der Waals surface area contributed by atoms with E-state index in [2.05, 4.69) is 24.9 Å². The molecular weight excluding hydrogens is 470 g/mol. The number of aromatic nitrogens is 5. The molecule has 14 heteroatoms. The molecule has 5 rings (SSSR count). The first-order valence-corrected chi connectivity index (χ1v) is 12.0. The smallest absolute Gasteiger partial charge is 0.441 e. The lowest BCUT2D eigenvalue weighted by Gasteiger charge is -2.18. The maximum atomic E-state index is 14.9. The summed E-state index contributed by atoms with van der Waals surface area (Å²) in [5, 5.41) is 12.4. The highest BCUT2D eigenvalue weighted by Crippen LogP contribution is 2.39. The highest BCUT2D eigenvalue weighted by Gasteiger charge is 2.38. The van der Waals surface area contributed by atoms with Crippen molar-refractivity contribution in [2.24, 2.45) is 0 Å². The van der Waals surface area contributed by atoms with Gasteiger partial charge in [0.2, 0.25) is 5.82 Å². The molecule has 2 aliphatic rings. The molecule has 2 aromatic heterocycles.